The zero-order valence-corrected chi connectivity index (χ0v) is 18.6. The van der Waals surface area contributed by atoms with Gasteiger partial charge in [0.25, 0.3) is 11.5 Å². The Balaban J connectivity index is 1.66. The van der Waals surface area contributed by atoms with E-state index in [1.54, 1.807) is 37.5 Å². The summed E-state index contributed by atoms with van der Waals surface area (Å²) in [4.78, 5) is 34.1. The zero-order valence-electron chi connectivity index (χ0n) is 18.6. The quantitative estimate of drug-likeness (QED) is 0.490. The molecule has 8 heteroatoms. The molecule has 0 bridgehead atoms. The van der Waals surface area contributed by atoms with Crippen molar-refractivity contribution in [3.8, 4) is 0 Å². The lowest BCUT2D eigenvalue weighted by Gasteiger charge is -2.38. The number of aromatic amines is 1. The van der Waals surface area contributed by atoms with Gasteiger partial charge in [0.2, 0.25) is 0 Å². The van der Waals surface area contributed by atoms with Crippen molar-refractivity contribution >= 4 is 34.0 Å². The number of amides is 1. The van der Waals surface area contributed by atoms with Crippen LogP contribution in [0.2, 0.25) is 0 Å². The lowest BCUT2D eigenvalue weighted by Crippen LogP contribution is -2.42. The van der Waals surface area contributed by atoms with Crippen LogP contribution in [0, 0.1) is 5.92 Å². The van der Waals surface area contributed by atoms with Gasteiger partial charge in [-0.05, 0) is 74.4 Å². The van der Waals surface area contributed by atoms with Gasteiger partial charge in [-0.2, -0.15) is 0 Å². The Morgan fingerprint density at radius 1 is 1.19 bits per heavy atom. The number of benzene rings is 1. The van der Waals surface area contributed by atoms with Gasteiger partial charge in [0, 0.05) is 37.6 Å². The molecule has 0 spiro atoms. The highest BCUT2D eigenvalue weighted by Gasteiger charge is 2.31. The first-order valence-corrected chi connectivity index (χ1v) is 10.8. The van der Waals surface area contributed by atoms with E-state index in [1.165, 1.54) is 0 Å². The monoisotopic (exact) mass is 435 g/mol. The number of nitrogens with one attached hydrogen (secondary N) is 3. The third kappa shape index (κ3) is 4.45. The second kappa shape index (κ2) is 8.63. The number of rotatable bonds is 5. The number of nitrogens with zero attached hydrogens (tertiary/aromatic N) is 2. The molecule has 0 saturated carbocycles. The smallest absolute Gasteiger partial charge is 0.259 e. The standard InChI is InChI=1S/C24H29N5O3/c1-24(2,32)17-9-12-29(13-10-17)19-14-16-8-11-26-23(31)20(16)21(28-19)27-18-6-4-15(5-7-18)22(30)25-3/h4-8,11,14,17,32H,9-10,12-13H2,1-3H3,(H,25,30)(H,26,31)(H,27,28). The molecule has 4 N–H and O–H groups in total. The lowest BCUT2D eigenvalue weighted by molar-refractivity contribution is 0.00646. The van der Waals surface area contributed by atoms with Gasteiger partial charge < -0.3 is 25.6 Å². The molecule has 168 valence electrons. The fraction of sp³-hybridized carbons (Fsp3) is 0.375. The summed E-state index contributed by atoms with van der Waals surface area (Å²) in [5.74, 6) is 1.35. The van der Waals surface area contributed by atoms with E-state index in [4.69, 9.17) is 4.98 Å². The lowest BCUT2D eigenvalue weighted by atomic mass is 9.83. The molecule has 3 aromatic rings. The van der Waals surface area contributed by atoms with Gasteiger partial charge in [-0.1, -0.05) is 0 Å². The molecule has 1 aliphatic rings. The molecule has 0 atom stereocenters. The van der Waals surface area contributed by atoms with E-state index in [9.17, 15) is 14.7 Å². The van der Waals surface area contributed by atoms with Crippen LogP contribution >= 0.6 is 0 Å². The Kier molecular flexibility index (Phi) is 5.88. The molecule has 1 amide bonds. The van der Waals surface area contributed by atoms with Gasteiger partial charge in [-0.3, -0.25) is 9.59 Å². The minimum absolute atomic E-state index is 0.159. The Labute approximate surface area is 186 Å². The molecule has 2 aromatic heterocycles. The highest BCUT2D eigenvalue weighted by atomic mass is 16.3. The number of fused-ring (bicyclic) bond motifs is 1. The maximum Gasteiger partial charge on any atom is 0.259 e. The number of hydrogen-bond donors (Lipinski definition) is 4. The van der Waals surface area contributed by atoms with Crippen molar-refractivity contribution in [2.24, 2.45) is 5.92 Å². The number of carbonyl (C=O) groups excluding carboxylic acids is 1. The largest absolute Gasteiger partial charge is 0.390 e. The summed E-state index contributed by atoms with van der Waals surface area (Å²) >= 11 is 0. The first kappa shape index (κ1) is 21.8. The topological polar surface area (TPSA) is 110 Å². The summed E-state index contributed by atoms with van der Waals surface area (Å²) in [7, 11) is 1.59. The predicted octanol–water partition coefficient (Wildman–Crippen LogP) is 3.01. The summed E-state index contributed by atoms with van der Waals surface area (Å²) in [6, 6.07) is 10.8. The van der Waals surface area contributed by atoms with Crippen LogP contribution < -0.4 is 21.1 Å². The summed E-state index contributed by atoms with van der Waals surface area (Å²) in [5, 5.41) is 17.5. The number of aromatic nitrogens is 2. The van der Waals surface area contributed by atoms with E-state index in [0.29, 0.717) is 16.8 Å². The fourth-order valence-corrected chi connectivity index (χ4v) is 4.25. The molecule has 3 heterocycles. The molecule has 8 nitrogen and oxygen atoms in total. The van der Waals surface area contributed by atoms with Crippen molar-refractivity contribution in [3.05, 3.63) is 58.5 Å². The summed E-state index contributed by atoms with van der Waals surface area (Å²) < 4.78 is 0. The molecular weight excluding hydrogens is 406 g/mol. The van der Waals surface area contributed by atoms with Crippen LogP contribution in [0.4, 0.5) is 17.3 Å². The van der Waals surface area contributed by atoms with Crippen LogP contribution in [0.15, 0.2) is 47.4 Å². The summed E-state index contributed by atoms with van der Waals surface area (Å²) in [6.07, 6.45) is 3.39. The third-order valence-electron chi connectivity index (χ3n) is 6.20. The van der Waals surface area contributed by atoms with Crippen LogP contribution in [-0.2, 0) is 0 Å². The molecule has 1 aromatic carbocycles. The van der Waals surface area contributed by atoms with Crippen molar-refractivity contribution in [1.29, 1.82) is 0 Å². The molecule has 32 heavy (non-hydrogen) atoms. The first-order chi connectivity index (χ1) is 15.3. The molecule has 1 saturated heterocycles. The number of pyridine rings is 2. The summed E-state index contributed by atoms with van der Waals surface area (Å²) in [5.41, 5.74) is 0.375. The average Bonchev–Trinajstić information content (AvgIpc) is 2.78. The summed E-state index contributed by atoms with van der Waals surface area (Å²) in [6.45, 7) is 5.31. The Hall–Kier alpha value is -3.39. The first-order valence-electron chi connectivity index (χ1n) is 10.8. The fourth-order valence-electron chi connectivity index (χ4n) is 4.25. The van der Waals surface area contributed by atoms with Crippen molar-refractivity contribution in [2.45, 2.75) is 32.3 Å². The molecule has 1 fully saturated rings. The van der Waals surface area contributed by atoms with E-state index in [2.05, 4.69) is 20.5 Å². The molecule has 0 radical (unpaired) electrons. The van der Waals surface area contributed by atoms with Crippen LogP contribution in [0.5, 0.6) is 0 Å². The predicted molar refractivity (Wildman–Crippen MR) is 127 cm³/mol. The van der Waals surface area contributed by atoms with Crippen LogP contribution in [0.3, 0.4) is 0 Å². The van der Waals surface area contributed by atoms with Crippen LogP contribution in [-0.4, -0.2) is 46.7 Å². The highest BCUT2D eigenvalue weighted by Crippen LogP contribution is 2.32. The molecule has 0 unspecified atom stereocenters. The molecule has 4 rings (SSSR count). The van der Waals surface area contributed by atoms with Crippen molar-refractivity contribution in [3.63, 3.8) is 0 Å². The van der Waals surface area contributed by atoms with E-state index in [-0.39, 0.29) is 17.4 Å². The van der Waals surface area contributed by atoms with E-state index >= 15 is 0 Å². The number of carbonyl (C=O) groups is 1. The minimum atomic E-state index is -0.691. The van der Waals surface area contributed by atoms with Crippen molar-refractivity contribution < 1.29 is 9.90 Å². The highest BCUT2D eigenvalue weighted by molar-refractivity contribution is 5.96. The van der Waals surface area contributed by atoms with Crippen LogP contribution in [0.25, 0.3) is 10.8 Å². The second-order valence-electron chi connectivity index (χ2n) is 8.80. The van der Waals surface area contributed by atoms with E-state index < -0.39 is 5.60 Å². The van der Waals surface area contributed by atoms with Gasteiger partial charge in [-0.25, -0.2) is 4.98 Å². The number of aliphatic hydroxyl groups is 1. The Bertz CT molecular complexity index is 1170. The number of H-pyrrole nitrogens is 1. The molecule has 1 aliphatic heterocycles. The maximum absolute atomic E-state index is 12.6. The van der Waals surface area contributed by atoms with Gasteiger partial charge in [0.05, 0.1) is 11.0 Å². The van der Waals surface area contributed by atoms with Gasteiger partial charge in [-0.15, -0.1) is 0 Å². The van der Waals surface area contributed by atoms with E-state index in [1.807, 2.05) is 26.0 Å². The molecular formula is C24H29N5O3. The van der Waals surface area contributed by atoms with E-state index in [0.717, 1.165) is 42.8 Å². The van der Waals surface area contributed by atoms with Crippen LogP contribution in [0.1, 0.15) is 37.0 Å². The Morgan fingerprint density at radius 2 is 1.88 bits per heavy atom. The van der Waals surface area contributed by atoms with Crippen molar-refractivity contribution in [1.82, 2.24) is 15.3 Å². The molecule has 0 aliphatic carbocycles. The van der Waals surface area contributed by atoms with Gasteiger partial charge >= 0.3 is 0 Å². The average molecular weight is 436 g/mol. The number of piperidine rings is 1. The number of anilines is 3. The Morgan fingerprint density at radius 3 is 2.50 bits per heavy atom. The SMILES string of the molecule is CNC(=O)c1ccc(Nc2nc(N3CCC(C(C)(C)O)CC3)cc3cc[nH]c(=O)c23)cc1. The third-order valence-corrected chi connectivity index (χ3v) is 6.20. The normalized spacial score (nSPS) is 15.1. The minimum Gasteiger partial charge on any atom is -0.390 e. The second-order valence-corrected chi connectivity index (χ2v) is 8.80. The zero-order chi connectivity index (χ0) is 22.9. The number of hydrogen-bond acceptors (Lipinski definition) is 6. The van der Waals surface area contributed by atoms with Gasteiger partial charge in [0.15, 0.2) is 0 Å². The maximum atomic E-state index is 12.6. The van der Waals surface area contributed by atoms with Crippen molar-refractivity contribution in [2.75, 3.05) is 30.4 Å². The van der Waals surface area contributed by atoms with Gasteiger partial charge in [0.1, 0.15) is 11.6 Å².